The van der Waals surface area contributed by atoms with Crippen molar-refractivity contribution >= 4 is 32.5 Å². The second-order valence-corrected chi connectivity index (χ2v) is 5.18. The van der Waals surface area contributed by atoms with Gasteiger partial charge in [-0.05, 0) is 24.6 Å². The van der Waals surface area contributed by atoms with E-state index in [9.17, 15) is 9.59 Å². The van der Waals surface area contributed by atoms with E-state index in [-0.39, 0.29) is 17.2 Å². The number of Topliss-reactive ketones (excluding diaryl/α,β-unsaturated/α-hetero) is 1. The smallest absolute Gasteiger partial charge is 0.321 e. The third kappa shape index (κ3) is 5.12. The number of hydrogen-bond donors (Lipinski definition) is 0. The molecular formula is C18H18ClO5P. The fourth-order valence-electron chi connectivity index (χ4n) is 2.32. The molecule has 0 saturated heterocycles. The van der Waals surface area contributed by atoms with E-state index in [0.29, 0.717) is 11.3 Å². The summed E-state index contributed by atoms with van der Waals surface area (Å²) < 4.78 is 18.3. The molecule has 0 aliphatic heterocycles. The highest BCUT2D eigenvalue weighted by Crippen LogP contribution is 2.32. The zero-order valence-electron chi connectivity index (χ0n) is 13.8. The van der Waals surface area contributed by atoms with E-state index in [1.165, 1.54) is 7.11 Å². The first-order chi connectivity index (χ1) is 12.1. The van der Waals surface area contributed by atoms with Gasteiger partial charge in [-0.15, -0.1) is 0 Å². The fourth-order valence-corrected chi connectivity index (χ4v) is 2.58. The molecule has 0 heterocycles. The van der Waals surface area contributed by atoms with Crippen LogP contribution in [0.5, 0.6) is 5.75 Å². The molecule has 0 amide bonds. The standard InChI is InChI=1S/C18H17ClO4.HOP/c1-3-23-18(21)15(12-8-5-4-6-9-12)17(20)16-13(19)10-7-11-14(16)22-2;1-2/h4-11,15H,3H2,1-2H3;2H. The molecule has 0 bridgehead atoms. The second kappa shape index (κ2) is 10.6. The number of carbonyl (C=O) groups excluding carboxylic acids is 2. The van der Waals surface area contributed by atoms with Crippen LogP contribution in [-0.2, 0) is 14.1 Å². The van der Waals surface area contributed by atoms with Gasteiger partial charge in [0.1, 0.15) is 20.8 Å². The first kappa shape index (κ1) is 20.8. The predicted octanol–water partition coefficient (Wildman–Crippen LogP) is 4.35. The lowest BCUT2D eigenvalue weighted by atomic mass is 9.90. The number of hydrogen-bond acceptors (Lipinski definition) is 5. The molecule has 0 aliphatic rings. The van der Waals surface area contributed by atoms with Gasteiger partial charge in [0.05, 0.1) is 24.3 Å². The van der Waals surface area contributed by atoms with Crippen molar-refractivity contribution in [1.29, 1.82) is 0 Å². The summed E-state index contributed by atoms with van der Waals surface area (Å²) in [7, 11) is 3.17. The third-order valence-corrected chi connectivity index (χ3v) is 3.67. The zero-order valence-corrected chi connectivity index (χ0v) is 15.6. The molecule has 25 heavy (non-hydrogen) atoms. The third-order valence-electron chi connectivity index (χ3n) is 3.36. The van der Waals surface area contributed by atoms with Crippen molar-refractivity contribution in [3.63, 3.8) is 0 Å². The Morgan fingerprint density at radius 3 is 2.28 bits per heavy atom. The van der Waals surface area contributed by atoms with Crippen molar-refractivity contribution in [3.8, 4) is 5.75 Å². The summed E-state index contributed by atoms with van der Waals surface area (Å²) in [4.78, 5) is 25.3. The van der Waals surface area contributed by atoms with Crippen molar-refractivity contribution < 1.29 is 23.6 Å². The summed E-state index contributed by atoms with van der Waals surface area (Å²) >= 11 is 6.16. The van der Waals surface area contributed by atoms with E-state index in [2.05, 4.69) is 0 Å². The fraction of sp³-hybridized carbons (Fsp3) is 0.222. The van der Waals surface area contributed by atoms with Gasteiger partial charge < -0.3 is 9.47 Å². The highest BCUT2D eigenvalue weighted by molar-refractivity contribution is 7.00. The highest BCUT2D eigenvalue weighted by atomic mass is 35.5. The largest absolute Gasteiger partial charge is 0.496 e. The number of ketones is 1. The van der Waals surface area contributed by atoms with Crippen LogP contribution in [0, 0.1) is 0 Å². The van der Waals surface area contributed by atoms with Gasteiger partial charge in [-0.3, -0.25) is 14.2 Å². The molecule has 0 fully saturated rings. The maximum absolute atomic E-state index is 13.0. The first-order valence-corrected chi connectivity index (χ1v) is 8.17. The Balaban J connectivity index is 0.00000151. The molecule has 5 nitrogen and oxygen atoms in total. The predicted molar refractivity (Wildman–Crippen MR) is 97.2 cm³/mol. The average molecular weight is 381 g/mol. The quantitative estimate of drug-likeness (QED) is 0.322. The van der Waals surface area contributed by atoms with Gasteiger partial charge in [0, 0.05) is 0 Å². The Labute approximate surface area is 153 Å². The van der Waals surface area contributed by atoms with Crippen LogP contribution in [-0.4, -0.2) is 25.5 Å². The van der Waals surface area contributed by atoms with Crippen molar-refractivity contribution in [3.05, 3.63) is 64.7 Å². The zero-order chi connectivity index (χ0) is 18.8. The molecule has 0 N–H and O–H groups in total. The van der Waals surface area contributed by atoms with E-state index >= 15 is 0 Å². The lowest BCUT2D eigenvalue weighted by Crippen LogP contribution is -2.25. The van der Waals surface area contributed by atoms with Crippen LogP contribution in [0.15, 0.2) is 48.5 Å². The van der Waals surface area contributed by atoms with Crippen LogP contribution < -0.4 is 4.74 Å². The van der Waals surface area contributed by atoms with E-state index in [1.807, 2.05) is 6.07 Å². The van der Waals surface area contributed by atoms with Gasteiger partial charge in [0.2, 0.25) is 0 Å². The normalized spacial score (nSPS) is 10.8. The summed E-state index contributed by atoms with van der Waals surface area (Å²) in [6.07, 6.45) is 0. The van der Waals surface area contributed by atoms with Crippen LogP contribution in [0.4, 0.5) is 0 Å². The Morgan fingerprint density at radius 1 is 1.08 bits per heavy atom. The number of halogens is 1. The summed E-state index contributed by atoms with van der Waals surface area (Å²) in [6.45, 7) is 1.88. The van der Waals surface area contributed by atoms with E-state index < -0.39 is 17.7 Å². The van der Waals surface area contributed by atoms with E-state index in [1.54, 1.807) is 58.5 Å². The van der Waals surface area contributed by atoms with Crippen LogP contribution in [0.2, 0.25) is 5.02 Å². The lowest BCUT2D eigenvalue weighted by molar-refractivity contribution is -0.143. The number of carbonyl (C=O) groups is 2. The molecule has 0 saturated carbocycles. The Kier molecular flexibility index (Phi) is 8.82. The van der Waals surface area contributed by atoms with Gasteiger partial charge >= 0.3 is 5.97 Å². The van der Waals surface area contributed by atoms with Crippen molar-refractivity contribution in [2.24, 2.45) is 0 Å². The van der Waals surface area contributed by atoms with Crippen LogP contribution in [0.3, 0.4) is 0 Å². The molecule has 2 aromatic rings. The Bertz CT molecular complexity index is 721. The van der Waals surface area contributed by atoms with Crippen molar-refractivity contribution in [2.45, 2.75) is 12.8 Å². The number of benzene rings is 2. The maximum Gasteiger partial charge on any atom is 0.321 e. The van der Waals surface area contributed by atoms with Crippen LogP contribution in [0.1, 0.15) is 28.8 Å². The van der Waals surface area contributed by atoms with Crippen molar-refractivity contribution in [2.75, 3.05) is 13.7 Å². The molecule has 0 aromatic heterocycles. The minimum atomic E-state index is -1.08. The highest BCUT2D eigenvalue weighted by Gasteiger charge is 2.33. The van der Waals surface area contributed by atoms with Crippen LogP contribution in [0.25, 0.3) is 0 Å². The van der Waals surface area contributed by atoms with Gasteiger partial charge in [-0.25, -0.2) is 0 Å². The SMILES string of the molecule is CCOC(=O)C(C(=O)c1c(Cl)cccc1OC)c1ccccc1.O=P. The second-order valence-electron chi connectivity index (χ2n) is 4.78. The number of ether oxygens (including phenoxy) is 2. The molecule has 1 atom stereocenters. The minimum absolute atomic E-state index is 0.179. The average Bonchev–Trinajstić information content (AvgIpc) is 2.64. The van der Waals surface area contributed by atoms with Gasteiger partial charge in [-0.2, -0.15) is 0 Å². The molecule has 1 unspecified atom stereocenters. The molecule has 7 heteroatoms. The number of esters is 1. The van der Waals surface area contributed by atoms with E-state index in [0.717, 1.165) is 0 Å². The summed E-state index contributed by atoms with van der Waals surface area (Å²) in [5.74, 6) is -1.81. The molecule has 0 aliphatic carbocycles. The molecule has 0 spiro atoms. The van der Waals surface area contributed by atoms with Gasteiger partial charge in [-0.1, -0.05) is 48.0 Å². The topological polar surface area (TPSA) is 69.7 Å². The van der Waals surface area contributed by atoms with Gasteiger partial charge in [0.15, 0.2) is 5.78 Å². The minimum Gasteiger partial charge on any atom is -0.496 e. The molecule has 132 valence electrons. The molecule has 2 aromatic carbocycles. The molecular weight excluding hydrogens is 363 g/mol. The first-order valence-electron chi connectivity index (χ1n) is 7.38. The number of methoxy groups -OCH3 is 1. The number of rotatable bonds is 6. The van der Waals surface area contributed by atoms with Crippen molar-refractivity contribution in [1.82, 2.24) is 0 Å². The molecule has 0 radical (unpaired) electrons. The maximum atomic E-state index is 13.0. The van der Waals surface area contributed by atoms with Crippen LogP contribution >= 0.6 is 20.7 Å². The molecule has 2 rings (SSSR count). The Morgan fingerprint density at radius 2 is 1.72 bits per heavy atom. The summed E-state index contributed by atoms with van der Waals surface area (Å²) in [6, 6.07) is 13.7. The summed E-state index contributed by atoms with van der Waals surface area (Å²) in [5.41, 5.74) is 0.733. The monoisotopic (exact) mass is 380 g/mol. The van der Waals surface area contributed by atoms with E-state index in [4.69, 9.17) is 25.6 Å². The summed E-state index contributed by atoms with van der Waals surface area (Å²) in [5, 5.41) is 0.236. The lowest BCUT2D eigenvalue weighted by Gasteiger charge is -2.17. The van der Waals surface area contributed by atoms with Gasteiger partial charge in [0.25, 0.3) is 0 Å². The Hall–Kier alpha value is -2.23.